The van der Waals surface area contributed by atoms with E-state index in [4.69, 9.17) is 17.0 Å². The lowest BCUT2D eigenvalue weighted by molar-refractivity contribution is 0.0742. The molecule has 0 aromatic heterocycles. The summed E-state index contributed by atoms with van der Waals surface area (Å²) in [4.78, 5) is 2.09. The molecule has 1 atom stereocenters. The van der Waals surface area contributed by atoms with Gasteiger partial charge in [-0.15, -0.1) is 0 Å². The van der Waals surface area contributed by atoms with Crippen molar-refractivity contribution in [1.82, 2.24) is 0 Å². The van der Waals surface area contributed by atoms with E-state index < -0.39 is 5.72 Å². The lowest BCUT2D eigenvalue weighted by Gasteiger charge is -2.45. The molecule has 0 bridgehead atoms. The number of nitrogens with zero attached hydrogens (tertiary/aromatic N) is 1. The molecule has 0 saturated heterocycles. The molecule has 1 unspecified atom stereocenters. The number of phenolic OH excluding ortho intramolecular Hbond substituents is 1. The van der Waals surface area contributed by atoms with E-state index in [1.165, 1.54) is 11.1 Å². The number of ether oxygens (including phenoxy) is 1. The van der Waals surface area contributed by atoms with Crippen molar-refractivity contribution in [1.29, 1.82) is 0 Å². The highest BCUT2D eigenvalue weighted by atomic mass is 32.1. The van der Waals surface area contributed by atoms with Gasteiger partial charge in [0.25, 0.3) is 0 Å². The summed E-state index contributed by atoms with van der Waals surface area (Å²) in [6.07, 6.45) is 1.64. The van der Waals surface area contributed by atoms with Crippen LogP contribution < -0.4 is 9.64 Å². The van der Waals surface area contributed by atoms with Crippen LogP contribution in [0.5, 0.6) is 11.5 Å². The fraction of sp³-hybridized carbons (Fsp3) is 0.409. The Bertz CT molecular complexity index is 870. The molecular formula is C22H27NO2S. The van der Waals surface area contributed by atoms with Crippen LogP contribution in [-0.2, 0) is 6.42 Å². The van der Waals surface area contributed by atoms with Crippen molar-refractivity contribution in [3.63, 3.8) is 0 Å². The highest BCUT2D eigenvalue weighted by Gasteiger charge is 2.40. The van der Waals surface area contributed by atoms with E-state index >= 15 is 0 Å². The van der Waals surface area contributed by atoms with Crippen LogP contribution in [0, 0.1) is 34.6 Å². The first-order valence-corrected chi connectivity index (χ1v) is 9.50. The second kappa shape index (κ2) is 6.58. The Morgan fingerprint density at radius 1 is 1.08 bits per heavy atom. The highest BCUT2D eigenvalue weighted by Crippen LogP contribution is 2.45. The first-order chi connectivity index (χ1) is 12.2. The largest absolute Gasteiger partial charge is 0.507 e. The Kier molecular flexibility index (Phi) is 4.74. The number of hydrogen-bond donors (Lipinski definition) is 1. The van der Waals surface area contributed by atoms with Gasteiger partial charge in [-0.25, -0.2) is 0 Å². The molecule has 4 heteroatoms. The second-order valence-corrected chi connectivity index (χ2v) is 7.74. The number of anilines is 1. The van der Waals surface area contributed by atoms with Gasteiger partial charge in [0.05, 0.1) is 11.2 Å². The maximum absolute atomic E-state index is 10.4. The van der Waals surface area contributed by atoms with Crippen molar-refractivity contribution in [3.8, 4) is 11.5 Å². The molecule has 3 nitrogen and oxygen atoms in total. The lowest BCUT2D eigenvalue weighted by Crippen LogP contribution is -2.53. The van der Waals surface area contributed by atoms with Crippen molar-refractivity contribution in [3.05, 3.63) is 51.6 Å². The summed E-state index contributed by atoms with van der Waals surface area (Å²) in [5, 5.41) is 10.4. The maximum atomic E-state index is 10.4. The number of para-hydroxylation sites is 1. The Hall–Kier alpha value is -2.07. The van der Waals surface area contributed by atoms with Crippen LogP contribution in [0.1, 0.15) is 46.7 Å². The van der Waals surface area contributed by atoms with Gasteiger partial charge in [-0.1, -0.05) is 30.4 Å². The Morgan fingerprint density at radius 2 is 1.69 bits per heavy atom. The van der Waals surface area contributed by atoms with Gasteiger partial charge in [-0.05, 0) is 75.8 Å². The minimum atomic E-state index is -0.563. The molecule has 0 spiro atoms. The van der Waals surface area contributed by atoms with Gasteiger partial charge in [-0.3, -0.25) is 4.90 Å². The van der Waals surface area contributed by atoms with E-state index in [9.17, 15) is 5.11 Å². The Balaban J connectivity index is 2.12. The van der Waals surface area contributed by atoms with E-state index in [1.54, 1.807) is 5.49 Å². The van der Waals surface area contributed by atoms with E-state index in [0.29, 0.717) is 5.75 Å². The molecule has 26 heavy (non-hydrogen) atoms. The molecule has 0 aliphatic carbocycles. The molecule has 1 aliphatic heterocycles. The number of thiocarbonyl (C=S) groups is 1. The van der Waals surface area contributed by atoms with Gasteiger partial charge in [0.1, 0.15) is 11.5 Å². The molecule has 2 aromatic carbocycles. The molecule has 0 radical (unpaired) electrons. The van der Waals surface area contributed by atoms with Gasteiger partial charge < -0.3 is 9.84 Å². The van der Waals surface area contributed by atoms with E-state index in [1.807, 2.05) is 20.8 Å². The monoisotopic (exact) mass is 369 g/mol. The predicted molar refractivity (Wildman–Crippen MR) is 112 cm³/mol. The third-order valence-electron chi connectivity index (χ3n) is 5.80. The van der Waals surface area contributed by atoms with Gasteiger partial charge in [-0.2, -0.15) is 0 Å². The molecule has 0 fully saturated rings. The summed E-state index contributed by atoms with van der Waals surface area (Å²) in [7, 11) is 0. The minimum Gasteiger partial charge on any atom is -0.507 e. The summed E-state index contributed by atoms with van der Waals surface area (Å²) < 4.78 is 6.60. The first kappa shape index (κ1) is 18.7. The number of benzene rings is 2. The van der Waals surface area contributed by atoms with Crippen LogP contribution in [0.4, 0.5) is 5.69 Å². The van der Waals surface area contributed by atoms with Crippen LogP contribution in [-0.4, -0.2) is 16.3 Å². The number of fused-ring (bicyclic) bond motifs is 1. The molecule has 1 aliphatic rings. The van der Waals surface area contributed by atoms with Crippen LogP contribution >= 0.6 is 12.2 Å². The highest BCUT2D eigenvalue weighted by molar-refractivity contribution is 7.79. The van der Waals surface area contributed by atoms with Gasteiger partial charge in [0.15, 0.2) is 5.72 Å². The molecular weight excluding hydrogens is 342 g/mol. The van der Waals surface area contributed by atoms with Gasteiger partial charge in [0, 0.05) is 12.0 Å². The third kappa shape index (κ3) is 2.77. The summed E-state index contributed by atoms with van der Waals surface area (Å²) >= 11 is 5.41. The zero-order valence-electron chi connectivity index (χ0n) is 16.4. The lowest BCUT2D eigenvalue weighted by atomic mass is 9.89. The molecule has 1 heterocycles. The van der Waals surface area contributed by atoms with Crippen LogP contribution in [0.3, 0.4) is 0 Å². The summed E-state index contributed by atoms with van der Waals surface area (Å²) in [6, 6.07) is 6.27. The molecule has 2 aromatic rings. The minimum absolute atomic E-state index is 0.384. The quantitative estimate of drug-likeness (QED) is 0.730. The first-order valence-electron chi connectivity index (χ1n) is 9.02. The molecule has 3 rings (SSSR count). The smallest absolute Gasteiger partial charge is 0.184 e. The second-order valence-electron chi connectivity index (χ2n) is 7.52. The van der Waals surface area contributed by atoms with Gasteiger partial charge >= 0.3 is 0 Å². The Morgan fingerprint density at radius 3 is 2.27 bits per heavy atom. The third-order valence-corrected chi connectivity index (χ3v) is 6.01. The number of hydrogen-bond acceptors (Lipinski definition) is 3. The SMILES string of the molecule is Cc1cccc(C)c1N(C=S)C1(C)CCc2c(C)c(O)c(C)c(C)c2O1. The number of rotatable bonds is 3. The number of aromatic hydroxyl groups is 1. The molecule has 138 valence electrons. The molecule has 1 N–H and O–H groups in total. The zero-order valence-corrected chi connectivity index (χ0v) is 17.3. The fourth-order valence-electron chi connectivity index (χ4n) is 3.99. The normalized spacial score (nSPS) is 18.8. The average Bonchev–Trinajstić information content (AvgIpc) is 2.61. The van der Waals surface area contributed by atoms with Crippen molar-refractivity contribution in [2.75, 3.05) is 4.90 Å². The van der Waals surface area contributed by atoms with Crippen molar-refractivity contribution < 1.29 is 9.84 Å². The van der Waals surface area contributed by atoms with Gasteiger partial charge in [0.2, 0.25) is 0 Å². The zero-order chi connectivity index (χ0) is 19.2. The Labute approximate surface area is 161 Å². The predicted octanol–water partition coefficient (Wildman–Crippen LogP) is 5.44. The van der Waals surface area contributed by atoms with E-state index in [2.05, 4.69) is 43.9 Å². The van der Waals surface area contributed by atoms with E-state index in [0.717, 1.165) is 46.5 Å². The van der Waals surface area contributed by atoms with Crippen molar-refractivity contribution in [2.24, 2.45) is 0 Å². The van der Waals surface area contributed by atoms with Crippen molar-refractivity contribution in [2.45, 2.75) is 60.1 Å². The molecule has 0 saturated carbocycles. The topological polar surface area (TPSA) is 32.7 Å². The van der Waals surface area contributed by atoms with Crippen LogP contribution in [0.25, 0.3) is 0 Å². The maximum Gasteiger partial charge on any atom is 0.184 e. The van der Waals surface area contributed by atoms with Crippen LogP contribution in [0.2, 0.25) is 0 Å². The fourth-order valence-corrected chi connectivity index (χ4v) is 4.32. The standard InChI is InChI=1S/C22H27NO2S/c1-13-8-7-9-14(2)19(13)23(12-26)22(6)11-10-18-17(5)20(24)15(3)16(4)21(18)25-22/h7-9,12,24H,10-11H2,1-6H3. The summed E-state index contributed by atoms with van der Waals surface area (Å²) in [5.41, 5.74) is 8.51. The van der Waals surface area contributed by atoms with E-state index in [-0.39, 0.29) is 0 Å². The molecule has 0 amide bonds. The average molecular weight is 370 g/mol. The number of aryl methyl sites for hydroxylation is 2. The number of phenols is 1. The summed E-state index contributed by atoms with van der Waals surface area (Å²) in [6.45, 7) is 12.2. The van der Waals surface area contributed by atoms with Crippen LogP contribution in [0.15, 0.2) is 18.2 Å². The van der Waals surface area contributed by atoms with Crippen molar-refractivity contribution >= 4 is 23.4 Å². The summed E-state index contributed by atoms with van der Waals surface area (Å²) in [5.74, 6) is 1.27.